The molecule has 1 saturated heterocycles. The Hall–Kier alpha value is -2.32. The zero-order chi connectivity index (χ0) is 19.2. The quantitative estimate of drug-likeness (QED) is 0.871. The fraction of sp³-hybridized carbons (Fsp3) is 0.316. The van der Waals surface area contributed by atoms with Gasteiger partial charge in [0.15, 0.2) is 0 Å². The number of hydrogen-bond acceptors (Lipinski definition) is 3. The Morgan fingerprint density at radius 1 is 1.11 bits per heavy atom. The summed E-state index contributed by atoms with van der Waals surface area (Å²) in [7, 11) is -4.10. The van der Waals surface area contributed by atoms with Crippen LogP contribution in [0.15, 0.2) is 41.3 Å². The highest BCUT2D eigenvalue weighted by Gasteiger charge is 2.38. The second-order valence-electron chi connectivity index (χ2n) is 6.82. The largest absolute Gasteiger partial charge is 0.326 e. The van der Waals surface area contributed by atoms with Gasteiger partial charge in [-0.3, -0.25) is 4.79 Å². The van der Waals surface area contributed by atoms with Crippen molar-refractivity contribution in [3.63, 3.8) is 0 Å². The Morgan fingerprint density at radius 2 is 1.93 bits per heavy atom. The first kappa shape index (κ1) is 18.1. The normalized spacial score (nSPS) is 20.4. The van der Waals surface area contributed by atoms with Gasteiger partial charge >= 0.3 is 0 Å². The summed E-state index contributed by atoms with van der Waals surface area (Å²) < 4.78 is 55.8. The Labute approximate surface area is 156 Å². The molecule has 4 rings (SSSR count). The number of fused-ring (bicyclic) bond motifs is 1. The highest BCUT2D eigenvalue weighted by Crippen LogP contribution is 2.38. The minimum absolute atomic E-state index is 0.219. The summed E-state index contributed by atoms with van der Waals surface area (Å²) >= 11 is 0. The van der Waals surface area contributed by atoms with Gasteiger partial charge in [-0.05, 0) is 54.7 Å². The van der Waals surface area contributed by atoms with Crippen molar-refractivity contribution in [1.82, 2.24) is 4.31 Å². The summed E-state index contributed by atoms with van der Waals surface area (Å²) in [5.74, 6) is -1.56. The molecule has 1 amide bonds. The number of amides is 1. The first-order valence-corrected chi connectivity index (χ1v) is 10.2. The summed E-state index contributed by atoms with van der Waals surface area (Å²) in [6, 6.07) is 7.68. The standard InChI is InChI=1S/C19H18F2N2O3S/c20-14-4-1-3-13(9-14)17-5-2-8-23(17)27(25,26)18-10-12-6-7-19(24)22-16(12)11-15(18)21/h1,3-4,9-11,17H,2,5-8H2,(H,22,24). The summed E-state index contributed by atoms with van der Waals surface area (Å²) in [6.45, 7) is 0.247. The van der Waals surface area contributed by atoms with E-state index in [4.69, 9.17) is 0 Å². The van der Waals surface area contributed by atoms with Gasteiger partial charge in [0.1, 0.15) is 16.5 Å². The molecule has 2 heterocycles. The van der Waals surface area contributed by atoms with E-state index < -0.39 is 32.6 Å². The van der Waals surface area contributed by atoms with Gasteiger partial charge in [0.25, 0.3) is 0 Å². The zero-order valence-corrected chi connectivity index (χ0v) is 15.2. The van der Waals surface area contributed by atoms with Crippen molar-refractivity contribution in [1.29, 1.82) is 0 Å². The van der Waals surface area contributed by atoms with E-state index in [1.165, 1.54) is 28.6 Å². The second-order valence-corrected chi connectivity index (χ2v) is 8.68. The van der Waals surface area contributed by atoms with E-state index in [9.17, 15) is 22.0 Å². The molecule has 1 unspecified atom stereocenters. The van der Waals surface area contributed by atoms with Crippen molar-refractivity contribution in [2.75, 3.05) is 11.9 Å². The molecule has 0 aromatic heterocycles. The number of hydrogen-bond donors (Lipinski definition) is 1. The first-order valence-electron chi connectivity index (χ1n) is 8.76. The molecule has 1 fully saturated rings. The van der Waals surface area contributed by atoms with Crippen LogP contribution in [0.2, 0.25) is 0 Å². The number of benzene rings is 2. The number of carbonyl (C=O) groups excluding carboxylic acids is 1. The van der Waals surface area contributed by atoms with Crippen molar-refractivity contribution in [2.24, 2.45) is 0 Å². The molecule has 1 atom stereocenters. The third-order valence-corrected chi connectivity index (χ3v) is 7.00. The van der Waals surface area contributed by atoms with Gasteiger partial charge in [-0.25, -0.2) is 17.2 Å². The number of aryl methyl sites for hydroxylation is 1. The maximum Gasteiger partial charge on any atom is 0.246 e. The highest BCUT2D eigenvalue weighted by atomic mass is 32.2. The summed E-state index contributed by atoms with van der Waals surface area (Å²) in [6.07, 6.45) is 1.75. The van der Waals surface area contributed by atoms with Crippen molar-refractivity contribution < 1.29 is 22.0 Å². The van der Waals surface area contributed by atoms with Crippen LogP contribution in [0.25, 0.3) is 0 Å². The molecule has 0 bridgehead atoms. The van der Waals surface area contributed by atoms with Crippen LogP contribution in [-0.4, -0.2) is 25.2 Å². The molecule has 142 valence electrons. The van der Waals surface area contributed by atoms with Crippen LogP contribution in [0.5, 0.6) is 0 Å². The van der Waals surface area contributed by atoms with Gasteiger partial charge in [-0.2, -0.15) is 4.31 Å². The number of carbonyl (C=O) groups is 1. The average Bonchev–Trinajstić information content (AvgIpc) is 3.11. The summed E-state index contributed by atoms with van der Waals surface area (Å²) in [5.41, 5.74) is 1.46. The van der Waals surface area contributed by atoms with E-state index in [0.717, 1.165) is 6.07 Å². The number of halogens is 2. The van der Waals surface area contributed by atoms with E-state index in [2.05, 4.69) is 5.32 Å². The maximum atomic E-state index is 14.6. The van der Waals surface area contributed by atoms with E-state index >= 15 is 0 Å². The molecular formula is C19H18F2N2O3S. The molecule has 0 saturated carbocycles. The molecule has 8 heteroatoms. The fourth-order valence-electron chi connectivity index (χ4n) is 3.78. The van der Waals surface area contributed by atoms with Crippen LogP contribution in [-0.2, 0) is 21.2 Å². The zero-order valence-electron chi connectivity index (χ0n) is 14.4. The molecule has 2 aromatic rings. The van der Waals surface area contributed by atoms with Crippen molar-refractivity contribution in [2.45, 2.75) is 36.6 Å². The Bertz CT molecular complexity index is 1020. The highest BCUT2D eigenvalue weighted by molar-refractivity contribution is 7.89. The molecule has 0 aliphatic carbocycles. The van der Waals surface area contributed by atoms with Crippen LogP contribution in [0, 0.1) is 11.6 Å². The second kappa shape index (κ2) is 6.69. The molecule has 2 aliphatic heterocycles. The number of sulfonamides is 1. The van der Waals surface area contributed by atoms with E-state index in [1.807, 2.05) is 0 Å². The van der Waals surface area contributed by atoms with Crippen molar-refractivity contribution >= 4 is 21.6 Å². The lowest BCUT2D eigenvalue weighted by atomic mass is 10.0. The Kier molecular flexibility index (Phi) is 4.47. The average molecular weight is 392 g/mol. The van der Waals surface area contributed by atoms with E-state index in [1.54, 1.807) is 6.07 Å². The third kappa shape index (κ3) is 3.23. The van der Waals surface area contributed by atoms with Gasteiger partial charge in [-0.15, -0.1) is 0 Å². The SMILES string of the molecule is O=C1CCc2cc(S(=O)(=O)N3CCCC3c3cccc(F)c3)c(F)cc2N1. The van der Waals surface area contributed by atoms with Gasteiger partial charge in [0, 0.05) is 18.7 Å². The van der Waals surface area contributed by atoms with Crippen molar-refractivity contribution in [3.05, 3.63) is 59.2 Å². The molecule has 0 spiro atoms. The van der Waals surface area contributed by atoms with Gasteiger partial charge in [0.2, 0.25) is 15.9 Å². The van der Waals surface area contributed by atoms with Crippen LogP contribution >= 0.6 is 0 Å². The lowest BCUT2D eigenvalue weighted by Gasteiger charge is -2.26. The molecule has 27 heavy (non-hydrogen) atoms. The number of nitrogens with one attached hydrogen (secondary N) is 1. The van der Waals surface area contributed by atoms with Gasteiger partial charge in [-0.1, -0.05) is 12.1 Å². The van der Waals surface area contributed by atoms with Gasteiger partial charge < -0.3 is 5.32 Å². The number of rotatable bonds is 3. The van der Waals surface area contributed by atoms with Crippen LogP contribution < -0.4 is 5.32 Å². The minimum Gasteiger partial charge on any atom is -0.326 e. The van der Waals surface area contributed by atoms with E-state index in [0.29, 0.717) is 36.1 Å². The molecular weight excluding hydrogens is 374 g/mol. The van der Waals surface area contributed by atoms with Gasteiger partial charge in [0.05, 0.1) is 6.04 Å². The summed E-state index contributed by atoms with van der Waals surface area (Å²) in [5, 5.41) is 2.56. The molecule has 2 aromatic carbocycles. The lowest BCUT2D eigenvalue weighted by molar-refractivity contribution is -0.116. The topological polar surface area (TPSA) is 66.5 Å². The van der Waals surface area contributed by atoms with Crippen molar-refractivity contribution in [3.8, 4) is 0 Å². The first-order chi connectivity index (χ1) is 12.9. The fourth-order valence-corrected chi connectivity index (χ4v) is 5.56. The van der Waals surface area contributed by atoms with E-state index in [-0.39, 0.29) is 18.9 Å². The Balaban J connectivity index is 1.74. The summed E-state index contributed by atoms with van der Waals surface area (Å²) in [4.78, 5) is 11.1. The smallest absolute Gasteiger partial charge is 0.246 e. The Morgan fingerprint density at radius 3 is 2.70 bits per heavy atom. The third-order valence-electron chi connectivity index (χ3n) is 5.08. The molecule has 0 radical (unpaired) electrons. The molecule has 1 N–H and O–H groups in total. The van der Waals surface area contributed by atoms with Crippen LogP contribution in [0.1, 0.15) is 36.4 Å². The molecule has 5 nitrogen and oxygen atoms in total. The van der Waals surface area contributed by atoms with Crippen LogP contribution in [0.3, 0.4) is 0 Å². The lowest BCUT2D eigenvalue weighted by Crippen LogP contribution is -2.31. The molecule has 2 aliphatic rings. The monoisotopic (exact) mass is 392 g/mol. The predicted molar refractivity (Wildman–Crippen MR) is 95.6 cm³/mol. The number of nitrogens with zero attached hydrogens (tertiary/aromatic N) is 1. The van der Waals surface area contributed by atoms with Crippen LogP contribution in [0.4, 0.5) is 14.5 Å². The predicted octanol–water partition coefficient (Wildman–Crippen LogP) is 3.38. The minimum atomic E-state index is -4.10. The maximum absolute atomic E-state index is 14.6. The number of anilines is 1.